The highest BCUT2D eigenvalue weighted by molar-refractivity contribution is 5.98. The van der Waals surface area contributed by atoms with Crippen LogP contribution in [-0.2, 0) is 31.9 Å². The zero-order valence-electron chi connectivity index (χ0n) is 15.7. The van der Waals surface area contributed by atoms with Gasteiger partial charge in [0.1, 0.15) is 0 Å². The van der Waals surface area contributed by atoms with Gasteiger partial charge in [-0.05, 0) is 31.0 Å². The summed E-state index contributed by atoms with van der Waals surface area (Å²) < 4.78 is 9.92. The van der Waals surface area contributed by atoms with Crippen molar-refractivity contribution in [2.45, 2.75) is 26.7 Å². The molecule has 0 radical (unpaired) electrons. The lowest BCUT2D eigenvalue weighted by atomic mass is 9.92. The van der Waals surface area contributed by atoms with E-state index in [-0.39, 0.29) is 53.9 Å². The predicted octanol–water partition coefficient (Wildman–Crippen LogP) is 2.41. The molecule has 1 aromatic rings. The molecular weight excluding hydrogens is 368 g/mol. The second-order valence-electron chi connectivity index (χ2n) is 6.07. The quantitative estimate of drug-likeness (QED) is 0.460. The fourth-order valence-corrected chi connectivity index (χ4v) is 2.38. The number of carbonyl (C=O) groups excluding carboxylic acids is 2. The Balaban J connectivity index is 3.14. The van der Waals surface area contributed by atoms with E-state index in [0.717, 1.165) is 0 Å². The number of hydrogen-bond acceptors (Lipinski definition) is 6. The van der Waals surface area contributed by atoms with Crippen molar-refractivity contribution in [2.24, 2.45) is 0 Å². The van der Waals surface area contributed by atoms with Crippen molar-refractivity contribution in [1.29, 1.82) is 0 Å². The summed E-state index contributed by atoms with van der Waals surface area (Å²) in [5.74, 6) is -3.89. The molecule has 28 heavy (non-hydrogen) atoms. The molecule has 2 N–H and O–H groups in total. The van der Waals surface area contributed by atoms with Crippen molar-refractivity contribution in [3.8, 4) is 0 Å². The SMILES string of the molecule is C=C(C)C(=O)OCCc1ccc(C(=O)O)c(CCOC(=O)C(=C)C)c1C(=O)O. The fourth-order valence-electron chi connectivity index (χ4n) is 2.38. The average molecular weight is 390 g/mol. The summed E-state index contributed by atoms with van der Waals surface area (Å²) in [5.41, 5.74) is 0.292. The molecule has 0 aliphatic carbocycles. The van der Waals surface area contributed by atoms with Crippen LogP contribution in [0.3, 0.4) is 0 Å². The molecule has 0 heterocycles. The summed E-state index contributed by atoms with van der Waals surface area (Å²) in [6.45, 7) is 9.53. The van der Waals surface area contributed by atoms with Gasteiger partial charge in [0.2, 0.25) is 0 Å². The van der Waals surface area contributed by atoms with E-state index >= 15 is 0 Å². The highest BCUT2D eigenvalue weighted by Crippen LogP contribution is 2.22. The minimum Gasteiger partial charge on any atom is -0.478 e. The molecule has 150 valence electrons. The maximum Gasteiger partial charge on any atom is 0.336 e. The smallest absolute Gasteiger partial charge is 0.336 e. The standard InChI is InChI=1S/C20H22O8/c1-11(2)19(25)27-9-7-13-5-6-15(17(21)22)14(16(13)18(23)24)8-10-28-20(26)12(3)4/h5-6H,1,3,7-10H2,2,4H3,(H,21,22)(H,23,24). The van der Waals surface area contributed by atoms with Crippen molar-refractivity contribution < 1.29 is 38.9 Å². The summed E-state index contributed by atoms with van der Waals surface area (Å²) in [6.07, 6.45) is -0.0409. The normalized spacial score (nSPS) is 10.1. The number of ether oxygens (including phenoxy) is 2. The first-order valence-electron chi connectivity index (χ1n) is 8.32. The average Bonchev–Trinajstić information content (AvgIpc) is 2.60. The summed E-state index contributed by atoms with van der Waals surface area (Å²) in [6, 6.07) is 2.64. The maximum atomic E-state index is 11.8. The van der Waals surface area contributed by atoms with Crippen LogP contribution in [0.4, 0.5) is 0 Å². The number of carboxylic acids is 2. The van der Waals surface area contributed by atoms with Crippen molar-refractivity contribution in [1.82, 2.24) is 0 Å². The zero-order valence-corrected chi connectivity index (χ0v) is 15.7. The summed E-state index contributed by atoms with van der Waals surface area (Å²) in [7, 11) is 0. The van der Waals surface area contributed by atoms with E-state index in [1.54, 1.807) is 0 Å². The van der Waals surface area contributed by atoms with E-state index in [9.17, 15) is 29.4 Å². The highest BCUT2D eigenvalue weighted by atomic mass is 16.5. The van der Waals surface area contributed by atoms with E-state index < -0.39 is 23.9 Å². The maximum absolute atomic E-state index is 11.8. The van der Waals surface area contributed by atoms with Crippen LogP contribution in [0, 0.1) is 0 Å². The van der Waals surface area contributed by atoms with Gasteiger partial charge in [0.15, 0.2) is 0 Å². The summed E-state index contributed by atoms with van der Waals surface area (Å²) in [4.78, 5) is 46.2. The second-order valence-corrected chi connectivity index (χ2v) is 6.07. The number of carbonyl (C=O) groups is 4. The van der Waals surface area contributed by atoms with Crippen LogP contribution >= 0.6 is 0 Å². The van der Waals surface area contributed by atoms with Gasteiger partial charge in [-0.25, -0.2) is 19.2 Å². The van der Waals surface area contributed by atoms with Gasteiger partial charge in [-0.1, -0.05) is 19.2 Å². The minimum absolute atomic E-state index is 0.0262. The van der Waals surface area contributed by atoms with Crippen LogP contribution in [0.25, 0.3) is 0 Å². The molecule has 0 unspecified atom stereocenters. The predicted molar refractivity (Wildman–Crippen MR) is 99.3 cm³/mol. The molecule has 0 bridgehead atoms. The van der Waals surface area contributed by atoms with E-state index in [1.165, 1.54) is 26.0 Å². The summed E-state index contributed by atoms with van der Waals surface area (Å²) in [5, 5.41) is 19.0. The van der Waals surface area contributed by atoms with Gasteiger partial charge < -0.3 is 19.7 Å². The first-order chi connectivity index (χ1) is 13.1. The Morgan fingerprint density at radius 1 is 0.857 bits per heavy atom. The van der Waals surface area contributed by atoms with Gasteiger partial charge in [-0.3, -0.25) is 0 Å². The number of benzene rings is 1. The van der Waals surface area contributed by atoms with Crippen LogP contribution in [0.5, 0.6) is 0 Å². The number of hydrogen-bond donors (Lipinski definition) is 2. The zero-order chi connectivity index (χ0) is 21.4. The Kier molecular flexibility index (Phi) is 8.12. The largest absolute Gasteiger partial charge is 0.478 e. The molecule has 0 saturated heterocycles. The Labute approximate surface area is 162 Å². The lowest BCUT2D eigenvalue weighted by molar-refractivity contribution is -0.139. The third-order valence-electron chi connectivity index (χ3n) is 3.73. The third kappa shape index (κ3) is 6.08. The highest BCUT2D eigenvalue weighted by Gasteiger charge is 2.22. The molecule has 0 aromatic heterocycles. The summed E-state index contributed by atoms with van der Waals surface area (Å²) >= 11 is 0. The van der Waals surface area contributed by atoms with Gasteiger partial charge in [-0.2, -0.15) is 0 Å². The number of esters is 2. The van der Waals surface area contributed by atoms with Gasteiger partial charge >= 0.3 is 23.9 Å². The van der Waals surface area contributed by atoms with E-state index in [2.05, 4.69) is 13.2 Å². The molecule has 8 nitrogen and oxygen atoms in total. The van der Waals surface area contributed by atoms with Gasteiger partial charge in [0.05, 0.1) is 24.3 Å². The molecule has 0 amide bonds. The first-order valence-corrected chi connectivity index (χ1v) is 8.32. The van der Waals surface area contributed by atoms with E-state index in [1.807, 2.05) is 0 Å². The number of aromatic carboxylic acids is 2. The van der Waals surface area contributed by atoms with Crippen LogP contribution in [-0.4, -0.2) is 47.3 Å². The van der Waals surface area contributed by atoms with Crippen molar-refractivity contribution in [3.05, 3.63) is 58.7 Å². The van der Waals surface area contributed by atoms with E-state index in [0.29, 0.717) is 5.56 Å². The molecule has 0 fully saturated rings. The molecule has 0 aliphatic rings. The molecule has 0 aliphatic heterocycles. The molecule has 0 atom stereocenters. The lowest BCUT2D eigenvalue weighted by Crippen LogP contribution is -2.17. The van der Waals surface area contributed by atoms with Crippen LogP contribution < -0.4 is 0 Å². The Bertz CT molecular complexity index is 835. The Morgan fingerprint density at radius 3 is 1.79 bits per heavy atom. The Morgan fingerprint density at radius 2 is 1.36 bits per heavy atom. The minimum atomic E-state index is -1.33. The number of carboxylic acid groups (broad SMARTS) is 2. The molecule has 0 saturated carbocycles. The molecule has 1 rings (SSSR count). The van der Waals surface area contributed by atoms with E-state index in [4.69, 9.17) is 9.47 Å². The topological polar surface area (TPSA) is 127 Å². The fraction of sp³-hybridized carbons (Fsp3) is 0.300. The molecular formula is C20H22O8. The molecule has 1 aromatic carbocycles. The van der Waals surface area contributed by atoms with Crippen LogP contribution in [0.1, 0.15) is 45.7 Å². The molecule has 0 spiro atoms. The van der Waals surface area contributed by atoms with Crippen LogP contribution in [0.2, 0.25) is 0 Å². The van der Waals surface area contributed by atoms with Crippen molar-refractivity contribution >= 4 is 23.9 Å². The number of rotatable bonds is 10. The second kappa shape index (κ2) is 10.1. The van der Waals surface area contributed by atoms with Gasteiger partial charge in [0, 0.05) is 24.0 Å². The monoisotopic (exact) mass is 390 g/mol. The lowest BCUT2D eigenvalue weighted by Gasteiger charge is -2.15. The third-order valence-corrected chi connectivity index (χ3v) is 3.73. The van der Waals surface area contributed by atoms with Crippen molar-refractivity contribution in [3.63, 3.8) is 0 Å². The first kappa shape index (κ1) is 22.6. The molecule has 8 heteroatoms. The van der Waals surface area contributed by atoms with Crippen molar-refractivity contribution in [2.75, 3.05) is 13.2 Å². The Hall–Kier alpha value is -3.42. The van der Waals surface area contributed by atoms with Gasteiger partial charge in [0.25, 0.3) is 0 Å². The van der Waals surface area contributed by atoms with Crippen LogP contribution in [0.15, 0.2) is 36.4 Å². The van der Waals surface area contributed by atoms with Gasteiger partial charge in [-0.15, -0.1) is 0 Å².